The van der Waals surface area contributed by atoms with Crippen molar-refractivity contribution < 1.29 is 17.9 Å². The van der Waals surface area contributed by atoms with Crippen molar-refractivity contribution in [3.8, 4) is 0 Å². The van der Waals surface area contributed by atoms with Crippen LogP contribution >= 0.6 is 0 Å². The van der Waals surface area contributed by atoms with Crippen molar-refractivity contribution in [1.82, 2.24) is 19.5 Å². The lowest BCUT2D eigenvalue weighted by Gasteiger charge is -2.43. The van der Waals surface area contributed by atoms with Gasteiger partial charge in [0.15, 0.2) is 0 Å². The Morgan fingerprint density at radius 3 is 2.77 bits per heavy atom. The lowest BCUT2D eigenvalue weighted by molar-refractivity contribution is 0.00673. The van der Waals surface area contributed by atoms with E-state index in [1.54, 1.807) is 10.5 Å². The maximum Gasteiger partial charge on any atom is 0.253 e. The van der Waals surface area contributed by atoms with E-state index < -0.39 is 10.0 Å². The number of rotatable bonds is 7. The van der Waals surface area contributed by atoms with E-state index in [2.05, 4.69) is 15.2 Å². The zero-order chi connectivity index (χ0) is 21.8. The van der Waals surface area contributed by atoms with Gasteiger partial charge in [0.1, 0.15) is 0 Å². The van der Waals surface area contributed by atoms with Gasteiger partial charge in [-0.15, -0.1) is 0 Å². The number of nitrogens with zero attached hydrogens (tertiary/aromatic N) is 2. The molecule has 3 heterocycles. The molecule has 0 radical (unpaired) electrons. The molecule has 2 aliphatic heterocycles. The molecule has 2 aliphatic rings. The number of nitrogens with one attached hydrogen (secondary N) is 2. The Morgan fingerprint density at radius 1 is 1.23 bits per heavy atom. The van der Waals surface area contributed by atoms with E-state index >= 15 is 0 Å². The molecule has 4 rings (SSSR count). The van der Waals surface area contributed by atoms with Gasteiger partial charge in [0.25, 0.3) is 5.91 Å². The fraction of sp³-hybridized carbons (Fsp3) is 0.591. The van der Waals surface area contributed by atoms with Crippen molar-refractivity contribution in [3.63, 3.8) is 0 Å². The third kappa shape index (κ3) is 5.28. The van der Waals surface area contributed by atoms with Crippen molar-refractivity contribution in [2.45, 2.75) is 37.8 Å². The van der Waals surface area contributed by atoms with E-state index in [0.29, 0.717) is 37.8 Å². The second-order valence-electron chi connectivity index (χ2n) is 8.50. The molecule has 0 bridgehead atoms. The van der Waals surface area contributed by atoms with E-state index in [1.807, 2.05) is 24.3 Å². The van der Waals surface area contributed by atoms with Crippen LogP contribution in [0.25, 0.3) is 10.9 Å². The van der Waals surface area contributed by atoms with Crippen LogP contribution in [0.3, 0.4) is 0 Å². The van der Waals surface area contributed by atoms with Crippen molar-refractivity contribution >= 4 is 26.8 Å². The predicted octanol–water partition coefficient (Wildman–Crippen LogP) is 1.80. The topological polar surface area (TPSA) is 94.7 Å². The minimum absolute atomic E-state index is 0.0919. The molecule has 0 saturated carbocycles. The van der Waals surface area contributed by atoms with Crippen LogP contribution in [0.5, 0.6) is 0 Å². The van der Waals surface area contributed by atoms with Gasteiger partial charge in [0.2, 0.25) is 10.0 Å². The van der Waals surface area contributed by atoms with E-state index in [-0.39, 0.29) is 11.9 Å². The number of piperidine rings is 1. The number of H-pyrrole nitrogens is 1. The van der Waals surface area contributed by atoms with Crippen LogP contribution in [0.2, 0.25) is 0 Å². The third-order valence-corrected chi connectivity index (χ3v) is 7.72. The lowest BCUT2D eigenvalue weighted by atomic mass is 9.99. The molecule has 1 atom stereocenters. The number of carbonyl (C=O) groups excluding carboxylic acids is 1. The first-order valence-electron chi connectivity index (χ1n) is 11.1. The van der Waals surface area contributed by atoms with Crippen molar-refractivity contribution in [2.24, 2.45) is 0 Å². The Balaban J connectivity index is 1.42. The Kier molecular flexibility index (Phi) is 6.95. The van der Waals surface area contributed by atoms with E-state index in [1.165, 1.54) is 6.26 Å². The number of aromatic nitrogens is 1. The SMILES string of the molecule is CS(=O)(=O)N1CCCC(N(CCNC(=O)c2c[nH]c3ccccc23)C2CCOCC2)C1. The molecule has 2 saturated heterocycles. The Hall–Kier alpha value is -1.94. The molecule has 31 heavy (non-hydrogen) atoms. The van der Waals surface area contributed by atoms with Gasteiger partial charge in [0.05, 0.1) is 11.8 Å². The number of hydrogen-bond acceptors (Lipinski definition) is 5. The van der Waals surface area contributed by atoms with Crippen LogP contribution in [0.1, 0.15) is 36.0 Å². The minimum Gasteiger partial charge on any atom is -0.381 e. The highest BCUT2D eigenvalue weighted by atomic mass is 32.2. The summed E-state index contributed by atoms with van der Waals surface area (Å²) in [4.78, 5) is 18.3. The first-order valence-corrected chi connectivity index (χ1v) is 12.9. The van der Waals surface area contributed by atoms with Crippen molar-refractivity contribution in [3.05, 3.63) is 36.0 Å². The standard InChI is InChI=1S/C22H32N4O4S/c1-31(28,29)25-11-4-5-18(16-25)26(17-8-13-30-14-9-17)12-10-23-22(27)20-15-24-21-7-3-2-6-19(20)21/h2-3,6-7,15,17-18,24H,4-5,8-14,16H2,1H3,(H,23,27). The molecule has 9 heteroatoms. The van der Waals surface area contributed by atoms with Gasteiger partial charge in [-0.3, -0.25) is 9.69 Å². The summed E-state index contributed by atoms with van der Waals surface area (Å²) in [5.41, 5.74) is 1.59. The first kappa shape index (κ1) is 22.3. The van der Waals surface area contributed by atoms with E-state index in [0.717, 1.165) is 49.8 Å². The third-order valence-electron chi connectivity index (χ3n) is 6.45. The molecule has 1 aromatic heterocycles. The largest absolute Gasteiger partial charge is 0.381 e. The van der Waals surface area contributed by atoms with Crippen LogP contribution in [-0.4, -0.2) is 86.2 Å². The summed E-state index contributed by atoms with van der Waals surface area (Å²) in [5, 5.41) is 3.98. The number of benzene rings is 1. The maximum absolute atomic E-state index is 12.8. The summed E-state index contributed by atoms with van der Waals surface area (Å²) < 4.78 is 31.3. The highest BCUT2D eigenvalue weighted by Gasteiger charge is 2.33. The molecule has 0 spiro atoms. The van der Waals surface area contributed by atoms with Crippen molar-refractivity contribution in [2.75, 3.05) is 45.6 Å². The van der Waals surface area contributed by atoms with Crippen LogP contribution in [-0.2, 0) is 14.8 Å². The molecule has 1 amide bonds. The van der Waals surface area contributed by atoms with Gasteiger partial charge in [0, 0.05) is 68.6 Å². The highest BCUT2D eigenvalue weighted by molar-refractivity contribution is 7.88. The average Bonchev–Trinajstić information content (AvgIpc) is 3.21. The molecule has 1 aromatic carbocycles. The second-order valence-corrected chi connectivity index (χ2v) is 10.5. The summed E-state index contributed by atoms with van der Waals surface area (Å²) in [7, 11) is -3.20. The normalized spacial score (nSPS) is 21.5. The summed E-state index contributed by atoms with van der Waals surface area (Å²) >= 11 is 0. The number of aromatic amines is 1. The van der Waals surface area contributed by atoms with Gasteiger partial charge in [-0.05, 0) is 31.7 Å². The number of sulfonamides is 1. The number of fused-ring (bicyclic) bond motifs is 1. The van der Waals surface area contributed by atoms with Gasteiger partial charge < -0.3 is 15.0 Å². The molecule has 2 aromatic rings. The second kappa shape index (κ2) is 9.68. The van der Waals surface area contributed by atoms with E-state index in [9.17, 15) is 13.2 Å². The quantitative estimate of drug-likeness (QED) is 0.674. The Morgan fingerprint density at radius 2 is 2.00 bits per heavy atom. The van der Waals surface area contributed by atoms with Crippen LogP contribution < -0.4 is 5.32 Å². The van der Waals surface area contributed by atoms with Gasteiger partial charge in [-0.1, -0.05) is 18.2 Å². The number of para-hydroxylation sites is 1. The summed E-state index contributed by atoms with van der Waals surface area (Å²) in [6.07, 6.45) is 6.74. The maximum atomic E-state index is 12.8. The molecule has 8 nitrogen and oxygen atoms in total. The number of carbonyl (C=O) groups is 1. The van der Waals surface area contributed by atoms with Gasteiger partial charge in [-0.2, -0.15) is 0 Å². The molecular weight excluding hydrogens is 416 g/mol. The Labute approximate surface area is 184 Å². The summed E-state index contributed by atoms with van der Waals surface area (Å²) in [6, 6.07) is 8.28. The summed E-state index contributed by atoms with van der Waals surface area (Å²) in [6.45, 7) is 3.78. The first-order chi connectivity index (χ1) is 14.9. The molecule has 2 N–H and O–H groups in total. The predicted molar refractivity (Wildman–Crippen MR) is 121 cm³/mol. The molecule has 170 valence electrons. The minimum atomic E-state index is -3.20. The fourth-order valence-corrected chi connectivity index (χ4v) is 5.73. The van der Waals surface area contributed by atoms with Crippen molar-refractivity contribution in [1.29, 1.82) is 0 Å². The average molecular weight is 449 g/mol. The molecule has 0 aliphatic carbocycles. The highest BCUT2D eigenvalue weighted by Crippen LogP contribution is 2.24. The van der Waals surface area contributed by atoms with Crippen LogP contribution in [0.4, 0.5) is 0 Å². The number of hydrogen-bond donors (Lipinski definition) is 2. The Bertz CT molecular complexity index is 1000. The van der Waals surface area contributed by atoms with Crippen LogP contribution in [0, 0.1) is 0 Å². The smallest absolute Gasteiger partial charge is 0.253 e. The number of ether oxygens (including phenoxy) is 1. The summed E-state index contributed by atoms with van der Waals surface area (Å²) in [5.74, 6) is -0.0919. The monoisotopic (exact) mass is 448 g/mol. The molecular formula is C22H32N4O4S. The lowest BCUT2D eigenvalue weighted by Crippen LogP contribution is -2.55. The van der Waals surface area contributed by atoms with E-state index in [4.69, 9.17) is 4.74 Å². The van der Waals surface area contributed by atoms with Gasteiger partial charge in [-0.25, -0.2) is 12.7 Å². The van der Waals surface area contributed by atoms with Gasteiger partial charge >= 0.3 is 0 Å². The molecule has 2 fully saturated rings. The van der Waals surface area contributed by atoms with Crippen LogP contribution in [0.15, 0.2) is 30.5 Å². The zero-order valence-electron chi connectivity index (χ0n) is 18.0. The zero-order valence-corrected chi connectivity index (χ0v) is 18.9. The number of amides is 1. The molecule has 1 unspecified atom stereocenters. The fourth-order valence-electron chi connectivity index (χ4n) is 4.83.